The zero-order valence-electron chi connectivity index (χ0n) is 18.0. The van der Waals surface area contributed by atoms with E-state index >= 15 is 0 Å². The van der Waals surface area contributed by atoms with Gasteiger partial charge in [-0.3, -0.25) is 14.4 Å². The van der Waals surface area contributed by atoms with Crippen LogP contribution < -0.4 is 5.56 Å². The average molecular weight is 447 g/mol. The van der Waals surface area contributed by atoms with Crippen molar-refractivity contribution >= 4 is 21.5 Å². The van der Waals surface area contributed by atoms with E-state index in [2.05, 4.69) is 19.4 Å². The predicted molar refractivity (Wildman–Crippen MR) is 115 cm³/mol. The molecule has 1 fully saturated rings. The van der Waals surface area contributed by atoms with E-state index in [1.807, 2.05) is 13.8 Å². The lowest BCUT2D eigenvalue weighted by Crippen LogP contribution is -2.42. The van der Waals surface area contributed by atoms with Gasteiger partial charge >= 0.3 is 5.91 Å². The maximum absolute atomic E-state index is 13.2. The van der Waals surface area contributed by atoms with Crippen molar-refractivity contribution in [2.45, 2.75) is 37.9 Å². The van der Waals surface area contributed by atoms with E-state index in [1.165, 1.54) is 38.0 Å². The van der Waals surface area contributed by atoms with Crippen LogP contribution in [0.4, 0.5) is 0 Å². The minimum Gasteiger partial charge on any atom is -0.338 e. The summed E-state index contributed by atoms with van der Waals surface area (Å²) in [6.07, 6.45) is 5.35. The van der Waals surface area contributed by atoms with Crippen LogP contribution in [0.5, 0.6) is 0 Å². The summed E-state index contributed by atoms with van der Waals surface area (Å²) >= 11 is 0. The lowest BCUT2D eigenvalue weighted by molar-refractivity contribution is 0.0723. The minimum atomic E-state index is -2.85. The number of amides is 2. The smallest absolute Gasteiger partial charge is 0.305 e. The first-order chi connectivity index (χ1) is 14.6. The van der Waals surface area contributed by atoms with Crippen LogP contribution in [0.3, 0.4) is 0 Å². The summed E-state index contributed by atoms with van der Waals surface area (Å²) < 4.78 is 18.1. The Balaban J connectivity index is 1.72. The number of carbonyl (C=O) groups is 2. The minimum absolute atomic E-state index is 0.0328. The molecule has 1 unspecified atom stereocenters. The molecule has 2 aromatic heterocycles. The molecule has 0 aromatic carbocycles. The summed E-state index contributed by atoms with van der Waals surface area (Å²) in [4.78, 5) is 46.7. The number of carbonyl (C=O) groups excluding carboxylic acids is 2. The van der Waals surface area contributed by atoms with Gasteiger partial charge < -0.3 is 4.90 Å². The number of piperidine rings is 1. The summed E-state index contributed by atoms with van der Waals surface area (Å²) in [5, 5.41) is 3.53. The summed E-state index contributed by atoms with van der Waals surface area (Å²) in [5.74, 6) is -0.776. The molecule has 0 N–H and O–H groups in total. The summed E-state index contributed by atoms with van der Waals surface area (Å²) in [6, 6.07) is 2.50. The fraction of sp³-hybridized carbons (Fsp3) is 0.500. The van der Waals surface area contributed by atoms with Crippen LogP contribution in [-0.4, -0.2) is 65.3 Å². The third kappa shape index (κ3) is 5.04. The third-order valence-electron chi connectivity index (χ3n) is 5.31. The lowest BCUT2D eigenvalue weighted by Gasteiger charge is -2.32. The quantitative estimate of drug-likeness (QED) is 0.691. The van der Waals surface area contributed by atoms with Gasteiger partial charge in [0, 0.05) is 43.9 Å². The summed E-state index contributed by atoms with van der Waals surface area (Å²) in [6.45, 7) is 4.75. The standard InChI is InChI=1S/C20H26N6O4S/c1-13(2)18-15(11-21-12-22-18)20(29)26-9-7-14(8-10-26)31(4,30)24-19(28)16-5-6-17(27)25(3)23-16/h5-6,11-14H,7-10H2,1-4H3. The Morgan fingerprint density at radius 3 is 2.52 bits per heavy atom. The van der Waals surface area contributed by atoms with Gasteiger partial charge in [0.1, 0.15) is 6.33 Å². The second-order valence-corrected chi connectivity index (χ2v) is 10.5. The first kappa shape index (κ1) is 22.7. The highest BCUT2D eigenvalue weighted by molar-refractivity contribution is 7.93. The molecule has 0 bridgehead atoms. The first-order valence-electron chi connectivity index (χ1n) is 9.99. The number of aromatic nitrogens is 4. The van der Waals surface area contributed by atoms with Gasteiger partial charge in [-0.05, 0) is 24.8 Å². The Morgan fingerprint density at radius 2 is 1.90 bits per heavy atom. The van der Waals surface area contributed by atoms with Gasteiger partial charge in [0.2, 0.25) is 0 Å². The van der Waals surface area contributed by atoms with Gasteiger partial charge in [-0.2, -0.15) is 9.46 Å². The Hall–Kier alpha value is -2.95. The van der Waals surface area contributed by atoms with E-state index in [9.17, 15) is 18.6 Å². The van der Waals surface area contributed by atoms with Crippen LogP contribution in [0.2, 0.25) is 0 Å². The van der Waals surface area contributed by atoms with E-state index in [-0.39, 0.29) is 28.3 Å². The van der Waals surface area contributed by atoms with Crippen molar-refractivity contribution in [1.29, 1.82) is 0 Å². The Labute approximate surface area is 180 Å². The fourth-order valence-electron chi connectivity index (χ4n) is 3.53. The molecule has 3 rings (SSSR count). The number of hydrogen-bond acceptors (Lipinski definition) is 7. The fourth-order valence-corrected chi connectivity index (χ4v) is 5.19. The van der Waals surface area contributed by atoms with Crippen LogP contribution in [0.25, 0.3) is 0 Å². The van der Waals surface area contributed by atoms with Crippen LogP contribution in [0, 0.1) is 0 Å². The second-order valence-electron chi connectivity index (χ2n) is 7.91. The number of nitrogens with zero attached hydrogens (tertiary/aromatic N) is 6. The maximum Gasteiger partial charge on any atom is 0.305 e. The van der Waals surface area contributed by atoms with Crippen molar-refractivity contribution in [1.82, 2.24) is 24.6 Å². The third-order valence-corrected chi connectivity index (χ3v) is 7.55. The van der Waals surface area contributed by atoms with E-state index < -0.39 is 15.6 Å². The molecule has 1 aliphatic heterocycles. The van der Waals surface area contributed by atoms with Crippen LogP contribution in [0.15, 0.2) is 33.8 Å². The molecule has 0 saturated carbocycles. The summed E-state index contributed by atoms with van der Waals surface area (Å²) in [5.41, 5.74) is 0.797. The molecule has 2 amide bonds. The first-order valence-corrected chi connectivity index (χ1v) is 12.0. The lowest BCUT2D eigenvalue weighted by atomic mass is 10.0. The average Bonchev–Trinajstić information content (AvgIpc) is 2.74. The van der Waals surface area contributed by atoms with Crippen molar-refractivity contribution in [2.24, 2.45) is 11.4 Å². The van der Waals surface area contributed by atoms with Gasteiger partial charge in [-0.15, -0.1) is 0 Å². The molecule has 1 atom stereocenters. The molecule has 3 heterocycles. The molecule has 0 aliphatic carbocycles. The van der Waals surface area contributed by atoms with Crippen molar-refractivity contribution in [3.63, 3.8) is 0 Å². The maximum atomic E-state index is 13.2. The van der Waals surface area contributed by atoms with Gasteiger partial charge in [0.15, 0.2) is 5.69 Å². The van der Waals surface area contributed by atoms with E-state index in [0.717, 1.165) is 4.68 Å². The predicted octanol–water partition coefficient (Wildman–Crippen LogP) is 1.24. The van der Waals surface area contributed by atoms with Crippen molar-refractivity contribution in [3.8, 4) is 0 Å². The molecule has 0 radical (unpaired) electrons. The topological polar surface area (TPSA) is 127 Å². The van der Waals surface area contributed by atoms with Crippen molar-refractivity contribution in [2.75, 3.05) is 19.3 Å². The van der Waals surface area contributed by atoms with Crippen LogP contribution >= 0.6 is 0 Å². The van der Waals surface area contributed by atoms with Gasteiger partial charge in [-0.1, -0.05) is 13.8 Å². The molecular weight excluding hydrogens is 420 g/mol. The molecule has 10 nitrogen and oxygen atoms in total. The molecule has 11 heteroatoms. The zero-order valence-corrected chi connectivity index (χ0v) is 18.8. The second kappa shape index (κ2) is 9.04. The molecule has 1 saturated heterocycles. The molecule has 2 aromatic rings. The van der Waals surface area contributed by atoms with E-state index in [4.69, 9.17) is 0 Å². The number of hydrogen-bond donors (Lipinski definition) is 0. The number of aryl methyl sites for hydroxylation is 1. The SMILES string of the molecule is CC(C)c1ncncc1C(=O)N1CCC(S(C)(=O)=NC(=O)c2ccc(=O)n(C)n2)CC1. The zero-order chi connectivity index (χ0) is 22.8. The van der Waals surface area contributed by atoms with Crippen molar-refractivity contribution < 1.29 is 13.8 Å². The number of rotatable bonds is 4. The Bertz CT molecular complexity index is 1170. The molecule has 0 spiro atoms. The normalized spacial score (nSPS) is 16.7. The number of likely N-dealkylation sites (tertiary alicyclic amines) is 1. The van der Waals surface area contributed by atoms with Crippen LogP contribution in [0.1, 0.15) is 59.1 Å². The van der Waals surface area contributed by atoms with Gasteiger partial charge in [-0.25, -0.2) is 18.9 Å². The Morgan fingerprint density at radius 1 is 1.23 bits per heavy atom. The molecular formula is C20H26N6O4S. The van der Waals surface area contributed by atoms with E-state index in [0.29, 0.717) is 37.2 Å². The van der Waals surface area contributed by atoms with Gasteiger partial charge in [0.05, 0.1) is 21.0 Å². The van der Waals surface area contributed by atoms with Crippen LogP contribution in [-0.2, 0) is 16.8 Å². The molecule has 1 aliphatic rings. The van der Waals surface area contributed by atoms with E-state index in [1.54, 1.807) is 4.90 Å². The van der Waals surface area contributed by atoms with Gasteiger partial charge in [0.25, 0.3) is 11.5 Å². The highest BCUT2D eigenvalue weighted by atomic mass is 32.2. The Kier molecular flexibility index (Phi) is 6.63. The summed E-state index contributed by atoms with van der Waals surface area (Å²) in [7, 11) is -1.43. The largest absolute Gasteiger partial charge is 0.338 e. The van der Waals surface area contributed by atoms with Crippen molar-refractivity contribution in [3.05, 3.63) is 52.0 Å². The monoisotopic (exact) mass is 446 g/mol. The molecule has 31 heavy (non-hydrogen) atoms. The highest BCUT2D eigenvalue weighted by Gasteiger charge is 2.30. The molecule has 166 valence electrons. The highest BCUT2D eigenvalue weighted by Crippen LogP contribution is 2.23.